The zero-order valence-corrected chi connectivity index (χ0v) is 11.3. The molecule has 6 nitrogen and oxygen atoms in total. The average molecular weight is 329 g/mol. The molecule has 1 aromatic carbocycles. The van der Waals surface area contributed by atoms with Crippen LogP contribution in [0.2, 0.25) is 0 Å². The third kappa shape index (κ3) is 3.14. The molecule has 0 atom stereocenters. The fourth-order valence-electron chi connectivity index (χ4n) is 1.60. The first-order valence-electron chi connectivity index (χ1n) is 5.52. The number of halogens is 2. The molecule has 2 aromatic rings. The molecule has 0 saturated carbocycles. The van der Waals surface area contributed by atoms with Gasteiger partial charge in [-0.25, -0.2) is 9.07 Å². The second-order valence-corrected chi connectivity index (χ2v) is 4.68. The minimum absolute atomic E-state index is 0.0142. The van der Waals surface area contributed by atoms with Crippen molar-refractivity contribution in [2.75, 3.05) is 0 Å². The van der Waals surface area contributed by atoms with Gasteiger partial charge in [-0.2, -0.15) is 0 Å². The molecule has 0 spiro atoms. The SMILES string of the molecule is O=C(O)CCCn1nnnc1-c1cccc(Br)c1F. The first kappa shape index (κ1) is 13.6. The lowest BCUT2D eigenvalue weighted by molar-refractivity contribution is -0.137. The number of carbonyl (C=O) groups is 1. The van der Waals surface area contributed by atoms with Gasteiger partial charge in [-0.3, -0.25) is 4.79 Å². The minimum atomic E-state index is -0.886. The number of aliphatic carboxylic acids is 1. The van der Waals surface area contributed by atoms with Gasteiger partial charge in [0.2, 0.25) is 0 Å². The van der Waals surface area contributed by atoms with Crippen molar-refractivity contribution in [3.63, 3.8) is 0 Å². The molecule has 0 fully saturated rings. The molecule has 1 N–H and O–H groups in total. The Morgan fingerprint density at radius 3 is 3.00 bits per heavy atom. The largest absolute Gasteiger partial charge is 0.481 e. The van der Waals surface area contributed by atoms with Crippen LogP contribution in [0.25, 0.3) is 11.4 Å². The van der Waals surface area contributed by atoms with E-state index in [-0.39, 0.29) is 17.8 Å². The standard InChI is InChI=1S/C11H10BrFN4O2/c12-8-4-1-3-7(10(8)13)11-14-15-16-17(11)6-2-5-9(18)19/h1,3-4H,2,5-6H2,(H,18,19). The van der Waals surface area contributed by atoms with Crippen molar-refractivity contribution >= 4 is 21.9 Å². The maximum atomic E-state index is 13.9. The van der Waals surface area contributed by atoms with E-state index in [0.717, 1.165) is 0 Å². The topological polar surface area (TPSA) is 80.9 Å². The third-order valence-corrected chi connectivity index (χ3v) is 3.10. The first-order chi connectivity index (χ1) is 9.09. The van der Waals surface area contributed by atoms with Crippen LogP contribution < -0.4 is 0 Å². The summed E-state index contributed by atoms with van der Waals surface area (Å²) in [6, 6.07) is 4.83. The lowest BCUT2D eigenvalue weighted by Crippen LogP contribution is -2.06. The van der Waals surface area contributed by atoms with Gasteiger partial charge in [-0.1, -0.05) is 6.07 Å². The van der Waals surface area contributed by atoms with Crippen molar-refractivity contribution in [2.24, 2.45) is 0 Å². The van der Waals surface area contributed by atoms with Crippen molar-refractivity contribution in [1.82, 2.24) is 20.2 Å². The fraction of sp³-hybridized carbons (Fsp3) is 0.273. The van der Waals surface area contributed by atoms with E-state index in [9.17, 15) is 9.18 Å². The van der Waals surface area contributed by atoms with Crippen LogP contribution >= 0.6 is 15.9 Å². The Hall–Kier alpha value is -1.83. The minimum Gasteiger partial charge on any atom is -0.481 e. The Balaban J connectivity index is 2.24. The highest BCUT2D eigenvalue weighted by Gasteiger charge is 2.15. The van der Waals surface area contributed by atoms with E-state index < -0.39 is 11.8 Å². The molecule has 1 aromatic heterocycles. The highest BCUT2D eigenvalue weighted by molar-refractivity contribution is 9.10. The van der Waals surface area contributed by atoms with Gasteiger partial charge < -0.3 is 5.11 Å². The number of nitrogens with zero attached hydrogens (tertiary/aromatic N) is 4. The van der Waals surface area contributed by atoms with Gasteiger partial charge in [0.05, 0.1) is 10.0 Å². The van der Waals surface area contributed by atoms with Gasteiger partial charge in [-0.15, -0.1) is 5.10 Å². The van der Waals surface area contributed by atoms with E-state index in [1.165, 1.54) is 4.68 Å². The maximum absolute atomic E-state index is 13.9. The summed E-state index contributed by atoms with van der Waals surface area (Å²) >= 11 is 3.10. The molecule has 0 bridgehead atoms. The number of hydrogen-bond acceptors (Lipinski definition) is 4. The van der Waals surface area contributed by atoms with E-state index in [4.69, 9.17) is 5.11 Å². The van der Waals surface area contributed by atoms with Gasteiger partial charge in [0, 0.05) is 13.0 Å². The number of benzene rings is 1. The van der Waals surface area contributed by atoms with E-state index in [2.05, 4.69) is 31.5 Å². The smallest absolute Gasteiger partial charge is 0.303 e. The van der Waals surface area contributed by atoms with Crippen LogP contribution in [0.3, 0.4) is 0 Å². The number of aromatic nitrogens is 4. The van der Waals surface area contributed by atoms with E-state index in [1.807, 2.05) is 0 Å². The number of carboxylic acids is 1. The maximum Gasteiger partial charge on any atom is 0.303 e. The second kappa shape index (κ2) is 5.87. The predicted molar refractivity (Wildman–Crippen MR) is 67.8 cm³/mol. The Morgan fingerprint density at radius 1 is 1.47 bits per heavy atom. The number of aryl methyl sites for hydroxylation is 1. The molecule has 2 rings (SSSR count). The molecule has 0 aliphatic carbocycles. The quantitative estimate of drug-likeness (QED) is 0.909. The zero-order chi connectivity index (χ0) is 13.8. The Labute approximate surface area is 116 Å². The number of rotatable bonds is 5. The van der Waals surface area contributed by atoms with Gasteiger partial charge >= 0.3 is 5.97 Å². The van der Waals surface area contributed by atoms with Gasteiger partial charge in [0.1, 0.15) is 5.82 Å². The summed E-state index contributed by atoms with van der Waals surface area (Å²) in [5.41, 5.74) is 0.273. The van der Waals surface area contributed by atoms with Crippen molar-refractivity contribution in [3.05, 3.63) is 28.5 Å². The van der Waals surface area contributed by atoms with Crippen molar-refractivity contribution in [2.45, 2.75) is 19.4 Å². The lowest BCUT2D eigenvalue weighted by Gasteiger charge is -2.05. The van der Waals surface area contributed by atoms with Gasteiger partial charge in [0.25, 0.3) is 0 Å². The number of hydrogen-bond donors (Lipinski definition) is 1. The van der Waals surface area contributed by atoms with Crippen LogP contribution in [-0.4, -0.2) is 31.3 Å². The summed E-state index contributed by atoms with van der Waals surface area (Å²) in [4.78, 5) is 10.5. The Morgan fingerprint density at radius 2 is 2.26 bits per heavy atom. The van der Waals surface area contributed by atoms with Crippen LogP contribution in [0.15, 0.2) is 22.7 Å². The number of carboxylic acid groups (broad SMARTS) is 1. The van der Waals surface area contributed by atoms with Gasteiger partial charge in [-0.05, 0) is 44.9 Å². The van der Waals surface area contributed by atoms with Gasteiger partial charge in [0.15, 0.2) is 5.82 Å². The third-order valence-electron chi connectivity index (χ3n) is 2.48. The summed E-state index contributed by atoms with van der Waals surface area (Å²) in [7, 11) is 0. The van der Waals surface area contributed by atoms with Crippen molar-refractivity contribution < 1.29 is 14.3 Å². The molecule has 0 amide bonds. The molecule has 0 radical (unpaired) electrons. The monoisotopic (exact) mass is 328 g/mol. The van der Waals surface area contributed by atoms with Crippen LogP contribution in [0.1, 0.15) is 12.8 Å². The van der Waals surface area contributed by atoms with Crippen LogP contribution in [0.4, 0.5) is 4.39 Å². The molecule has 0 aliphatic heterocycles. The van der Waals surface area contributed by atoms with Crippen molar-refractivity contribution in [3.8, 4) is 11.4 Å². The molecule has 0 unspecified atom stereocenters. The van der Waals surface area contributed by atoms with Crippen LogP contribution in [0, 0.1) is 5.82 Å². The Bertz CT molecular complexity index is 602. The second-order valence-electron chi connectivity index (χ2n) is 3.82. The van der Waals surface area contributed by atoms with E-state index in [0.29, 0.717) is 17.4 Å². The van der Waals surface area contributed by atoms with Crippen LogP contribution in [0.5, 0.6) is 0 Å². The molecule has 8 heteroatoms. The fourth-order valence-corrected chi connectivity index (χ4v) is 1.97. The summed E-state index contributed by atoms with van der Waals surface area (Å²) in [5.74, 6) is -1.05. The van der Waals surface area contributed by atoms with E-state index in [1.54, 1.807) is 18.2 Å². The summed E-state index contributed by atoms with van der Waals surface area (Å²) in [6.07, 6.45) is 0.392. The zero-order valence-electron chi connectivity index (χ0n) is 9.75. The highest BCUT2D eigenvalue weighted by atomic mass is 79.9. The van der Waals surface area contributed by atoms with Crippen LogP contribution in [-0.2, 0) is 11.3 Å². The van der Waals surface area contributed by atoms with Crippen molar-refractivity contribution in [1.29, 1.82) is 0 Å². The lowest BCUT2D eigenvalue weighted by atomic mass is 10.2. The molecule has 100 valence electrons. The summed E-state index contributed by atoms with van der Waals surface area (Å²) < 4.78 is 15.7. The predicted octanol–water partition coefficient (Wildman–Crippen LogP) is 2.11. The molecular formula is C11H10BrFN4O2. The molecule has 19 heavy (non-hydrogen) atoms. The summed E-state index contributed by atoms with van der Waals surface area (Å²) in [5, 5.41) is 19.6. The normalized spacial score (nSPS) is 10.6. The summed E-state index contributed by atoms with van der Waals surface area (Å²) in [6.45, 7) is 0.320. The molecular weight excluding hydrogens is 319 g/mol. The van der Waals surface area contributed by atoms with E-state index >= 15 is 0 Å². The Kier molecular flexibility index (Phi) is 4.20. The number of tetrazole rings is 1. The molecule has 0 aliphatic rings. The first-order valence-corrected chi connectivity index (χ1v) is 6.31. The molecule has 0 saturated heterocycles. The average Bonchev–Trinajstić information content (AvgIpc) is 2.80. The highest BCUT2D eigenvalue weighted by Crippen LogP contribution is 2.25. The molecule has 1 heterocycles.